The summed E-state index contributed by atoms with van der Waals surface area (Å²) in [5.74, 6) is -0.913. The summed E-state index contributed by atoms with van der Waals surface area (Å²) in [6.45, 7) is 0. The third kappa shape index (κ3) is 1.58. The highest BCUT2D eigenvalue weighted by Crippen LogP contribution is 2.32. The fraction of sp³-hybridized carbons (Fsp3) is 0. The molecule has 0 aromatic carbocycles. The predicted octanol–water partition coefficient (Wildman–Crippen LogP) is 2.38. The number of aromatic amines is 1. The molecule has 0 unspecified atom stereocenters. The van der Waals surface area contributed by atoms with E-state index >= 15 is 0 Å². The van der Waals surface area contributed by atoms with Crippen molar-refractivity contribution in [2.24, 2.45) is 0 Å². The minimum Gasteiger partial charge on any atom is -0.477 e. The van der Waals surface area contributed by atoms with Crippen LogP contribution in [0.5, 0.6) is 0 Å². The van der Waals surface area contributed by atoms with Gasteiger partial charge in [0.1, 0.15) is 4.88 Å². The molecule has 5 nitrogen and oxygen atoms in total. The topological polar surface area (TPSA) is 78.9 Å². The Labute approximate surface area is 99.7 Å². The first kappa shape index (κ1) is 9.98. The van der Waals surface area contributed by atoms with Gasteiger partial charge in [0.05, 0.1) is 10.9 Å². The molecule has 17 heavy (non-hydrogen) atoms. The number of pyridine rings is 1. The lowest BCUT2D eigenvalue weighted by Gasteiger charge is -1.97. The third-order valence-corrected chi connectivity index (χ3v) is 3.52. The number of carboxylic acids is 1. The number of rotatable bonds is 2. The molecule has 0 spiro atoms. The number of hydrogen-bond acceptors (Lipinski definition) is 4. The highest BCUT2D eigenvalue weighted by Gasteiger charge is 2.12. The first-order valence-corrected chi connectivity index (χ1v) is 5.67. The molecular weight excluding hydrogens is 238 g/mol. The molecule has 0 bridgehead atoms. The van der Waals surface area contributed by atoms with Gasteiger partial charge in [0.15, 0.2) is 0 Å². The van der Waals surface area contributed by atoms with Gasteiger partial charge in [0.2, 0.25) is 0 Å². The Morgan fingerprint density at radius 1 is 1.35 bits per heavy atom. The maximum atomic E-state index is 10.9. The summed E-state index contributed by atoms with van der Waals surface area (Å²) in [6.07, 6.45) is 6.84. The van der Waals surface area contributed by atoms with E-state index in [1.807, 2.05) is 0 Å². The van der Waals surface area contributed by atoms with Gasteiger partial charge in [0, 0.05) is 35.1 Å². The Morgan fingerprint density at radius 2 is 2.24 bits per heavy atom. The lowest BCUT2D eigenvalue weighted by atomic mass is 10.1. The van der Waals surface area contributed by atoms with Gasteiger partial charge in [0.25, 0.3) is 0 Å². The number of carbonyl (C=O) groups is 1. The van der Waals surface area contributed by atoms with Gasteiger partial charge in [-0.2, -0.15) is 5.10 Å². The van der Waals surface area contributed by atoms with Gasteiger partial charge < -0.3 is 5.11 Å². The van der Waals surface area contributed by atoms with Crippen molar-refractivity contribution in [3.05, 3.63) is 35.7 Å². The van der Waals surface area contributed by atoms with Crippen LogP contribution in [0.2, 0.25) is 0 Å². The average molecular weight is 245 g/mol. The second-order valence-electron chi connectivity index (χ2n) is 3.50. The molecule has 84 valence electrons. The van der Waals surface area contributed by atoms with Gasteiger partial charge in [-0.1, -0.05) is 0 Å². The number of nitrogens with zero attached hydrogens (tertiary/aromatic N) is 2. The van der Waals surface area contributed by atoms with Crippen LogP contribution in [0, 0.1) is 0 Å². The lowest BCUT2D eigenvalue weighted by molar-refractivity contribution is 0.0702. The molecule has 2 N–H and O–H groups in total. The summed E-state index contributed by atoms with van der Waals surface area (Å²) < 4.78 is 0.862. The van der Waals surface area contributed by atoms with E-state index in [1.165, 1.54) is 11.3 Å². The Balaban J connectivity index is 2.29. The summed E-state index contributed by atoms with van der Waals surface area (Å²) in [7, 11) is 0. The molecule has 0 aliphatic carbocycles. The molecule has 6 heteroatoms. The van der Waals surface area contributed by atoms with Crippen molar-refractivity contribution in [3.63, 3.8) is 0 Å². The second kappa shape index (κ2) is 3.67. The van der Waals surface area contributed by atoms with E-state index in [9.17, 15) is 4.79 Å². The monoisotopic (exact) mass is 245 g/mol. The largest absolute Gasteiger partial charge is 0.477 e. The first-order valence-electron chi connectivity index (χ1n) is 4.85. The molecule has 0 saturated heterocycles. The Bertz CT molecular complexity index is 688. The van der Waals surface area contributed by atoms with Crippen LogP contribution in [0.3, 0.4) is 0 Å². The molecule has 3 aromatic rings. The summed E-state index contributed by atoms with van der Waals surface area (Å²) in [5, 5.41) is 16.5. The molecule has 0 atom stereocenters. The van der Waals surface area contributed by atoms with Crippen LogP contribution in [0.15, 0.2) is 30.9 Å². The highest BCUT2D eigenvalue weighted by molar-refractivity contribution is 7.20. The zero-order valence-corrected chi connectivity index (χ0v) is 9.36. The van der Waals surface area contributed by atoms with Crippen LogP contribution >= 0.6 is 11.3 Å². The first-order chi connectivity index (χ1) is 8.25. The number of thiophene rings is 1. The predicted molar refractivity (Wildman–Crippen MR) is 64.2 cm³/mol. The number of hydrogen-bond donors (Lipinski definition) is 2. The molecule has 0 aliphatic heterocycles. The normalized spacial score (nSPS) is 10.8. The van der Waals surface area contributed by atoms with Crippen LogP contribution in [-0.2, 0) is 0 Å². The number of fused-ring (bicyclic) bond motifs is 1. The number of aromatic carboxylic acids is 1. The molecular formula is C11H7N3O2S. The summed E-state index contributed by atoms with van der Waals surface area (Å²) in [4.78, 5) is 15.4. The minimum absolute atomic E-state index is 0.317. The fourth-order valence-electron chi connectivity index (χ4n) is 1.69. The molecule has 0 fully saturated rings. The van der Waals surface area contributed by atoms with Crippen molar-refractivity contribution in [2.75, 3.05) is 0 Å². The van der Waals surface area contributed by atoms with Crippen LogP contribution < -0.4 is 0 Å². The van der Waals surface area contributed by atoms with Crippen LogP contribution in [-0.4, -0.2) is 26.3 Å². The number of H-pyrrole nitrogens is 1. The van der Waals surface area contributed by atoms with Gasteiger partial charge in [-0.3, -0.25) is 10.1 Å². The van der Waals surface area contributed by atoms with Crippen LogP contribution in [0.25, 0.3) is 21.2 Å². The molecule has 0 saturated carbocycles. The third-order valence-electron chi connectivity index (χ3n) is 2.47. The van der Waals surface area contributed by atoms with E-state index in [4.69, 9.17) is 5.11 Å². The van der Waals surface area contributed by atoms with Crippen molar-refractivity contribution < 1.29 is 9.90 Å². The van der Waals surface area contributed by atoms with E-state index in [1.54, 1.807) is 30.9 Å². The summed E-state index contributed by atoms with van der Waals surface area (Å²) in [6, 6.07) is 1.67. The van der Waals surface area contributed by atoms with Crippen molar-refractivity contribution in [2.45, 2.75) is 0 Å². The second-order valence-corrected chi connectivity index (χ2v) is 4.59. The van der Waals surface area contributed by atoms with Crippen molar-refractivity contribution >= 4 is 27.4 Å². The number of aromatic nitrogens is 3. The van der Waals surface area contributed by atoms with E-state index in [-0.39, 0.29) is 0 Å². The Hall–Kier alpha value is -2.21. The van der Waals surface area contributed by atoms with Gasteiger partial charge in [-0.05, 0) is 6.07 Å². The molecule has 3 rings (SSSR count). The zero-order chi connectivity index (χ0) is 11.8. The smallest absolute Gasteiger partial charge is 0.345 e. The minimum atomic E-state index is -0.913. The lowest BCUT2D eigenvalue weighted by Crippen LogP contribution is -1.89. The fourth-order valence-corrected chi connectivity index (χ4v) is 2.59. The summed E-state index contributed by atoms with van der Waals surface area (Å²) >= 11 is 1.22. The molecule has 3 heterocycles. The summed E-state index contributed by atoms with van der Waals surface area (Å²) in [5.41, 5.74) is 1.79. The quantitative estimate of drug-likeness (QED) is 0.726. The standard InChI is InChI=1S/C11H7N3O2S/c15-11(16)9-1-7-8(6-2-13-14-3-6)4-12-5-10(7)17-9/h1-5H,(H,13,14)(H,15,16). The van der Waals surface area contributed by atoms with E-state index in [0.29, 0.717) is 4.88 Å². The van der Waals surface area contributed by atoms with Gasteiger partial charge >= 0.3 is 5.97 Å². The van der Waals surface area contributed by atoms with Crippen LogP contribution in [0.4, 0.5) is 0 Å². The SMILES string of the molecule is O=C(O)c1cc2c(-c3cn[nH]c3)cncc2s1. The Kier molecular flexibility index (Phi) is 2.15. The molecule has 0 radical (unpaired) electrons. The van der Waals surface area contributed by atoms with Crippen LogP contribution in [0.1, 0.15) is 9.67 Å². The molecule has 0 aliphatic rings. The zero-order valence-electron chi connectivity index (χ0n) is 8.54. The maximum absolute atomic E-state index is 10.9. The van der Waals surface area contributed by atoms with Gasteiger partial charge in [-0.15, -0.1) is 11.3 Å². The average Bonchev–Trinajstić information content (AvgIpc) is 2.97. The Morgan fingerprint density at radius 3 is 2.94 bits per heavy atom. The maximum Gasteiger partial charge on any atom is 0.345 e. The van der Waals surface area contributed by atoms with Crippen molar-refractivity contribution in [1.82, 2.24) is 15.2 Å². The number of nitrogens with one attached hydrogen (secondary N) is 1. The van der Waals surface area contributed by atoms with E-state index in [2.05, 4.69) is 15.2 Å². The van der Waals surface area contributed by atoms with E-state index in [0.717, 1.165) is 21.2 Å². The number of carboxylic acid groups (broad SMARTS) is 1. The van der Waals surface area contributed by atoms with Crippen molar-refractivity contribution in [3.8, 4) is 11.1 Å². The van der Waals surface area contributed by atoms with E-state index < -0.39 is 5.97 Å². The molecule has 0 amide bonds. The van der Waals surface area contributed by atoms with Gasteiger partial charge in [-0.25, -0.2) is 4.79 Å². The van der Waals surface area contributed by atoms with Crippen molar-refractivity contribution in [1.29, 1.82) is 0 Å². The highest BCUT2D eigenvalue weighted by atomic mass is 32.1. The molecule has 3 aromatic heterocycles.